The van der Waals surface area contributed by atoms with Crippen molar-refractivity contribution >= 4 is 39.5 Å². The van der Waals surface area contributed by atoms with Gasteiger partial charge < -0.3 is 11.1 Å². The Morgan fingerprint density at radius 2 is 1.87 bits per heavy atom. The quantitative estimate of drug-likeness (QED) is 0.822. The van der Waals surface area contributed by atoms with Gasteiger partial charge in [-0.05, 0) is 56.7 Å². The third-order valence-electron chi connectivity index (χ3n) is 4.33. The minimum absolute atomic E-state index is 0.146. The van der Waals surface area contributed by atoms with E-state index in [4.69, 9.17) is 5.73 Å². The average Bonchev–Trinajstić information content (AvgIpc) is 2.93. The molecule has 6 heteroatoms. The van der Waals surface area contributed by atoms with Crippen molar-refractivity contribution < 1.29 is 9.59 Å². The lowest BCUT2D eigenvalue weighted by Gasteiger charge is -2.03. The summed E-state index contributed by atoms with van der Waals surface area (Å²) in [5.41, 5.74) is 8.05. The number of nitrogens with one attached hydrogen (secondary N) is 1. The zero-order chi connectivity index (χ0) is 16.6. The van der Waals surface area contributed by atoms with Crippen LogP contribution in [0, 0.1) is 13.8 Å². The van der Waals surface area contributed by atoms with Crippen molar-refractivity contribution in [3.05, 3.63) is 37.4 Å². The van der Waals surface area contributed by atoms with E-state index in [2.05, 4.69) is 5.32 Å². The van der Waals surface area contributed by atoms with Crippen molar-refractivity contribution in [2.24, 2.45) is 5.73 Å². The van der Waals surface area contributed by atoms with Gasteiger partial charge in [-0.15, -0.1) is 22.7 Å². The van der Waals surface area contributed by atoms with E-state index in [0.717, 1.165) is 28.2 Å². The van der Waals surface area contributed by atoms with Crippen LogP contribution in [0.1, 0.15) is 60.2 Å². The molecule has 0 atom stereocenters. The Kier molecular flexibility index (Phi) is 4.55. The van der Waals surface area contributed by atoms with Crippen molar-refractivity contribution in [3.8, 4) is 0 Å². The van der Waals surface area contributed by atoms with Gasteiger partial charge in [-0.3, -0.25) is 9.59 Å². The third kappa shape index (κ3) is 3.19. The first kappa shape index (κ1) is 16.2. The van der Waals surface area contributed by atoms with Crippen molar-refractivity contribution in [2.45, 2.75) is 46.0 Å². The molecule has 2 heterocycles. The summed E-state index contributed by atoms with van der Waals surface area (Å²) in [7, 11) is 0. The van der Waals surface area contributed by atoms with Crippen molar-refractivity contribution in [2.75, 3.05) is 5.32 Å². The second kappa shape index (κ2) is 6.45. The zero-order valence-electron chi connectivity index (χ0n) is 13.3. The Hall–Kier alpha value is -1.66. The molecule has 2 amide bonds. The predicted molar refractivity (Wildman–Crippen MR) is 95.8 cm³/mol. The number of carbonyl (C=O) groups excluding carboxylic acids is 2. The van der Waals surface area contributed by atoms with Gasteiger partial charge in [0.1, 0.15) is 5.00 Å². The standard InChI is InChI=1S/C17H20N2O2S2/c1-9-10(2)22-17(14(9)15(18)20)19-16(21)13-8-11-6-4-3-5-7-12(11)23-13/h8H,3-7H2,1-2H3,(H2,18,20)(H,19,21). The minimum Gasteiger partial charge on any atom is -0.365 e. The second-order valence-electron chi connectivity index (χ2n) is 5.93. The number of fused-ring (bicyclic) bond motifs is 1. The summed E-state index contributed by atoms with van der Waals surface area (Å²) in [6.45, 7) is 3.78. The molecule has 23 heavy (non-hydrogen) atoms. The molecule has 2 aromatic heterocycles. The summed E-state index contributed by atoms with van der Waals surface area (Å²) in [5.74, 6) is -0.643. The smallest absolute Gasteiger partial charge is 0.266 e. The highest BCUT2D eigenvalue weighted by atomic mass is 32.1. The van der Waals surface area contributed by atoms with Gasteiger partial charge in [0, 0.05) is 9.75 Å². The molecule has 0 aromatic carbocycles. The largest absolute Gasteiger partial charge is 0.365 e. The molecule has 122 valence electrons. The summed E-state index contributed by atoms with van der Waals surface area (Å²) in [5, 5.41) is 3.44. The molecular formula is C17H20N2O2S2. The molecule has 3 rings (SSSR count). The van der Waals surface area contributed by atoms with E-state index in [1.807, 2.05) is 19.9 Å². The van der Waals surface area contributed by atoms with Gasteiger partial charge in [-0.2, -0.15) is 0 Å². The van der Waals surface area contributed by atoms with Crippen LogP contribution in [0.3, 0.4) is 0 Å². The van der Waals surface area contributed by atoms with E-state index in [1.165, 1.54) is 41.0 Å². The monoisotopic (exact) mass is 348 g/mol. The number of amides is 2. The van der Waals surface area contributed by atoms with E-state index in [1.54, 1.807) is 11.3 Å². The van der Waals surface area contributed by atoms with Crippen LogP contribution >= 0.6 is 22.7 Å². The van der Waals surface area contributed by atoms with Gasteiger partial charge in [0.15, 0.2) is 0 Å². The minimum atomic E-state index is -0.496. The van der Waals surface area contributed by atoms with Crippen molar-refractivity contribution in [3.63, 3.8) is 0 Å². The fourth-order valence-electron chi connectivity index (χ4n) is 2.96. The number of hydrogen-bond acceptors (Lipinski definition) is 4. The molecule has 0 saturated carbocycles. The van der Waals surface area contributed by atoms with E-state index in [-0.39, 0.29) is 5.91 Å². The van der Waals surface area contributed by atoms with Crippen LogP contribution in [0.5, 0.6) is 0 Å². The molecular weight excluding hydrogens is 328 g/mol. The SMILES string of the molecule is Cc1sc(NC(=O)c2cc3c(s2)CCCCC3)c(C(N)=O)c1C. The van der Waals surface area contributed by atoms with Crippen molar-refractivity contribution in [1.29, 1.82) is 0 Å². The highest BCUT2D eigenvalue weighted by Crippen LogP contribution is 2.34. The summed E-state index contributed by atoms with van der Waals surface area (Å²) in [4.78, 5) is 27.3. The molecule has 1 aliphatic carbocycles. The summed E-state index contributed by atoms with van der Waals surface area (Å²) in [6.07, 6.45) is 5.78. The summed E-state index contributed by atoms with van der Waals surface area (Å²) < 4.78 is 0. The molecule has 0 unspecified atom stereocenters. The van der Waals surface area contributed by atoms with E-state index in [9.17, 15) is 9.59 Å². The lowest BCUT2D eigenvalue weighted by Crippen LogP contribution is -2.16. The number of nitrogens with two attached hydrogens (primary N) is 1. The summed E-state index contributed by atoms with van der Waals surface area (Å²) in [6, 6.07) is 2.01. The molecule has 0 saturated heterocycles. The van der Waals surface area contributed by atoms with E-state index in [0.29, 0.717) is 10.6 Å². The Morgan fingerprint density at radius 1 is 1.13 bits per heavy atom. The maximum Gasteiger partial charge on any atom is 0.266 e. The maximum atomic E-state index is 12.6. The highest BCUT2D eigenvalue weighted by molar-refractivity contribution is 7.17. The van der Waals surface area contributed by atoms with Crippen LogP contribution in [-0.2, 0) is 12.8 Å². The Bertz CT molecular complexity index is 750. The molecule has 0 spiro atoms. The van der Waals surface area contributed by atoms with Crippen LogP contribution in [0.25, 0.3) is 0 Å². The van der Waals surface area contributed by atoms with Crippen LogP contribution < -0.4 is 11.1 Å². The molecule has 0 radical (unpaired) electrons. The summed E-state index contributed by atoms with van der Waals surface area (Å²) >= 11 is 2.98. The van der Waals surface area contributed by atoms with Crippen LogP contribution in [-0.4, -0.2) is 11.8 Å². The molecule has 0 aliphatic heterocycles. The van der Waals surface area contributed by atoms with Crippen LogP contribution in [0.2, 0.25) is 0 Å². The number of hydrogen-bond donors (Lipinski definition) is 2. The number of thiophene rings is 2. The number of primary amides is 1. The third-order valence-corrected chi connectivity index (χ3v) is 6.69. The number of anilines is 1. The highest BCUT2D eigenvalue weighted by Gasteiger charge is 2.21. The Labute approximate surface area is 143 Å². The fraction of sp³-hybridized carbons (Fsp3) is 0.412. The topological polar surface area (TPSA) is 72.2 Å². The number of rotatable bonds is 3. The van der Waals surface area contributed by atoms with Gasteiger partial charge in [0.25, 0.3) is 11.8 Å². The van der Waals surface area contributed by atoms with Gasteiger partial charge in [0.05, 0.1) is 10.4 Å². The number of aryl methyl sites for hydroxylation is 3. The molecule has 0 fully saturated rings. The van der Waals surface area contributed by atoms with Crippen LogP contribution in [0.4, 0.5) is 5.00 Å². The van der Waals surface area contributed by atoms with Gasteiger partial charge in [-0.25, -0.2) is 0 Å². The predicted octanol–water partition coefficient (Wildman–Crippen LogP) is 4.05. The fourth-order valence-corrected chi connectivity index (χ4v) is 5.17. The molecule has 4 nitrogen and oxygen atoms in total. The lowest BCUT2D eigenvalue weighted by molar-refractivity contribution is 0.100. The first-order valence-corrected chi connectivity index (χ1v) is 9.43. The first-order valence-electron chi connectivity index (χ1n) is 7.80. The molecule has 0 bridgehead atoms. The lowest BCUT2D eigenvalue weighted by atomic mass is 10.1. The first-order chi connectivity index (χ1) is 11.0. The van der Waals surface area contributed by atoms with Gasteiger partial charge in [-0.1, -0.05) is 6.42 Å². The number of carbonyl (C=O) groups is 2. The second-order valence-corrected chi connectivity index (χ2v) is 8.29. The van der Waals surface area contributed by atoms with Gasteiger partial charge in [0.2, 0.25) is 0 Å². The van der Waals surface area contributed by atoms with E-state index >= 15 is 0 Å². The van der Waals surface area contributed by atoms with Gasteiger partial charge >= 0.3 is 0 Å². The average molecular weight is 348 g/mol. The van der Waals surface area contributed by atoms with Crippen molar-refractivity contribution in [1.82, 2.24) is 0 Å². The Morgan fingerprint density at radius 3 is 2.61 bits per heavy atom. The zero-order valence-corrected chi connectivity index (χ0v) is 15.0. The Balaban J connectivity index is 1.85. The maximum absolute atomic E-state index is 12.6. The molecule has 2 aromatic rings. The molecule has 1 aliphatic rings. The normalized spacial score (nSPS) is 14.2. The molecule has 3 N–H and O–H groups in total. The van der Waals surface area contributed by atoms with E-state index < -0.39 is 5.91 Å². The van der Waals surface area contributed by atoms with Crippen LogP contribution in [0.15, 0.2) is 6.07 Å².